The van der Waals surface area contributed by atoms with Gasteiger partial charge in [-0.3, -0.25) is 9.98 Å². The second kappa shape index (κ2) is 4.74. The van der Waals surface area contributed by atoms with E-state index in [4.69, 9.17) is 5.73 Å². The van der Waals surface area contributed by atoms with Crippen molar-refractivity contribution in [3.8, 4) is 0 Å². The Morgan fingerprint density at radius 2 is 2.14 bits per heavy atom. The molecule has 14 heavy (non-hydrogen) atoms. The van der Waals surface area contributed by atoms with Crippen molar-refractivity contribution < 1.29 is 0 Å². The van der Waals surface area contributed by atoms with E-state index in [1.807, 2.05) is 0 Å². The van der Waals surface area contributed by atoms with Crippen molar-refractivity contribution in [1.82, 2.24) is 5.32 Å². The Bertz CT molecular complexity index is 290. The fourth-order valence-electron chi connectivity index (χ4n) is 1.39. The van der Waals surface area contributed by atoms with Gasteiger partial charge in [-0.2, -0.15) is 4.99 Å². The van der Waals surface area contributed by atoms with Crippen LogP contribution >= 0.6 is 0 Å². The Morgan fingerprint density at radius 1 is 1.43 bits per heavy atom. The van der Waals surface area contributed by atoms with E-state index in [1.54, 1.807) is 14.1 Å². The summed E-state index contributed by atoms with van der Waals surface area (Å²) in [4.78, 5) is 12.4. The zero-order valence-corrected chi connectivity index (χ0v) is 8.91. The molecular formula is C9H17N5. The van der Waals surface area contributed by atoms with Gasteiger partial charge in [0, 0.05) is 26.4 Å². The van der Waals surface area contributed by atoms with Crippen molar-refractivity contribution in [2.24, 2.45) is 26.6 Å². The Morgan fingerprint density at radius 3 is 2.71 bits per heavy atom. The quantitative estimate of drug-likeness (QED) is 0.586. The van der Waals surface area contributed by atoms with Gasteiger partial charge in [-0.25, -0.2) is 0 Å². The minimum atomic E-state index is 0.331. The van der Waals surface area contributed by atoms with Gasteiger partial charge in [0.25, 0.3) is 0 Å². The molecule has 78 valence electrons. The van der Waals surface area contributed by atoms with E-state index in [0.29, 0.717) is 11.9 Å². The Kier molecular flexibility index (Phi) is 3.62. The first kappa shape index (κ1) is 10.7. The lowest BCUT2D eigenvalue weighted by molar-refractivity contribution is 0.690. The molecule has 1 rings (SSSR count). The maximum absolute atomic E-state index is 5.68. The van der Waals surface area contributed by atoms with Gasteiger partial charge in [0.2, 0.25) is 0 Å². The number of nitrogens with zero attached hydrogens (tertiary/aromatic N) is 3. The van der Waals surface area contributed by atoms with Gasteiger partial charge in [0.1, 0.15) is 11.7 Å². The molecule has 1 aliphatic heterocycles. The van der Waals surface area contributed by atoms with Crippen LogP contribution in [0.2, 0.25) is 0 Å². The highest BCUT2D eigenvalue weighted by Crippen LogP contribution is 2.11. The lowest BCUT2D eigenvalue weighted by Crippen LogP contribution is -2.39. The number of rotatable bonds is 0. The Balaban J connectivity index is 2.91. The molecule has 1 unspecified atom stereocenters. The molecule has 1 aliphatic rings. The van der Waals surface area contributed by atoms with Crippen LogP contribution in [0.25, 0.3) is 0 Å². The van der Waals surface area contributed by atoms with Gasteiger partial charge in [-0.05, 0) is 6.42 Å². The van der Waals surface area contributed by atoms with Crippen LogP contribution in [0.4, 0.5) is 0 Å². The summed E-state index contributed by atoms with van der Waals surface area (Å²) >= 11 is 0. The summed E-state index contributed by atoms with van der Waals surface area (Å²) in [7, 11) is 3.48. The van der Waals surface area contributed by atoms with Crippen LogP contribution in [0.3, 0.4) is 0 Å². The maximum atomic E-state index is 5.68. The van der Waals surface area contributed by atoms with E-state index in [9.17, 15) is 0 Å². The van der Waals surface area contributed by atoms with E-state index >= 15 is 0 Å². The normalized spacial score (nSPS) is 29.4. The second-order valence-corrected chi connectivity index (χ2v) is 3.31. The van der Waals surface area contributed by atoms with E-state index < -0.39 is 0 Å². The van der Waals surface area contributed by atoms with E-state index in [1.165, 1.54) is 0 Å². The molecule has 0 aromatic carbocycles. The summed E-state index contributed by atoms with van der Waals surface area (Å²) < 4.78 is 0. The largest absolute Gasteiger partial charge is 0.369 e. The fraction of sp³-hybridized carbons (Fsp3) is 0.667. The molecule has 0 amide bonds. The molecule has 1 atom stereocenters. The average molecular weight is 195 g/mol. The summed E-state index contributed by atoms with van der Waals surface area (Å²) in [5.41, 5.74) is 5.68. The first-order chi connectivity index (χ1) is 6.67. The molecule has 3 N–H and O–H groups in total. The van der Waals surface area contributed by atoms with E-state index in [0.717, 1.165) is 24.5 Å². The van der Waals surface area contributed by atoms with Crippen LogP contribution in [-0.2, 0) is 0 Å². The van der Waals surface area contributed by atoms with Gasteiger partial charge in [-0.1, -0.05) is 6.92 Å². The van der Waals surface area contributed by atoms with Crippen molar-refractivity contribution in [3.05, 3.63) is 0 Å². The van der Waals surface area contributed by atoms with Gasteiger partial charge in [0.15, 0.2) is 5.96 Å². The minimum Gasteiger partial charge on any atom is -0.369 e. The molecule has 0 saturated heterocycles. The molecule has 0 aromatic heterocycles. The summed E-state index contributed by atoms with van der Waals surface area (Å²) in [5.74, 6) is 2.38. The van der Waals surface area contributed by atoms with Gasteiger partial charge >= 0.3 is 0 Å². The third-order valence-corrected chi connectivity index (χ3v) is 2.26. The minimum absolute atomic E-state index is 0.331. The number of guanidine groups is 1. The van der Waals surface area contributed by atoms with Crippen LogP contribution in [-0.4, -0.2) is 31.7 Å². The van der Waals surface area contributed by atoms with Gasteiger partial charge in [-0.15, -0.1) is 0 Å². The van der Waals surface area contributed by atoms with Crippen molar-refractivity contribution in [2.45, 2.75) is 19.8 Å². The second-order valence-electron chi connectivity index (χ2n) is 3.31. The van der Waals surface area contributed by atoms with Crippen LogP contribution in [0.15, 0.2) is 15.0 Å². The van der Waals surface area contributed by atoms with E-state index in [2.05, 4.69) is 27.2 Å². The van der Waals surface area contributed by atoms with Gasteiger partial charge < -0.3 is 11.1 Å². The number of aliphatic imine (C=N–C) groups is 3. The average Bonchev–Trinajstić information content (AvgIpc) is 2.17. The van der Waals surface area contributed by atoms with Crippen molar-refractivity contribution >= 4 is 17.6 Å². The molecule has 0 bridgehead atoms. The molecular weight excluding hydrogens is 178 g/mol. The molecule has 0 saturated carbocycles. The van der Waals surface area contributed by atoms with Crippen LogP contribution in [0.5, 0.6) is 0 Å². The summed E-state index contributed by atoms with van der Waals surface area (Å²) in [6.07, 6.45) is 1.87. The number of hydrogen-bond donors (Lipinski definition) is 2. The van der Waals surface area contributed by atoms with Crippen LogP contribution < -0.4 is 11.1 Å². The highest BCUT2D eigenvalue weighted by molar-refractivity contribution is 6.05. The monoisotopic (exact) mass is 195 g/mol. The van der Waals surface area contributed by atoms with Gasteiger partial charge in [0.05, 0.1) is 0 Å². The predicted molar refractivity (Wildman–Crippen MR) is 59.9 cm³/mol. The lowest BCUT2D eigenvalue weighted by Gasteiger charge is -2.17. The highest BCUT2D eigenvalue weighted by Gasteiger charge is 2.14. The highest BCUT2D eigenvalue weighted by atomic mass is 15.2. The standard InChI is InChI=1S/C9H17N5/c1-6-4-5-7(11-2)13-9(10)14-8(6)12-3/h6H,4-5H2,1-3H3,(H3,10,11,12,13,14). The fourth-order valence-corrected chi connectivity index (χ4v) is 1.39. The summed E-state index contributed by atoms with van der Waals surface area (Å²) in [6, 6.07) is 0. The molecule has 0 aromatic rings. The number of hydrogen-bond acceptors (Lipinski definition) is 3. The Hall–Kier alpha value is -1.39. The van der Waals surface area contributed by atoms with Crippen LogP contribution in [0.1, 0.15) is 19.8 Å². The molecule has 5 nitrogen and oxygen atoms in total. The smallest absolute Gasteiger partial charge is 0.200 e. The first-order valence-electron chi connectivity index (χ1n) is 4.71. The third-order valence-electron chi connectivity index (χ3n) is 2.26. The number of nitrogens with one attached hydrogen (secondary N) is 1. The maximum Gasteiger partial charge on any atom is 0.200 e. The molecule has 0 spiro atoms. The van der Waals surface area contributed by atoms with Crippen molar-refractivity contribution in [3.63, 3.8) is 0 Å². The topological polar surface area (TPSA) is 75.1 Å². The van der Waals surface area contributed by atoms with E-state index in [-0.39, 0.29) is 0 Å². The molecule has 0 aliphatic carbocycles. The Labute approximate surface area is 84.2 Å². The zero-order chi connectivity index (χ0) is 10.6. The van der Waals surface area contributed by atoms with Crippen molar-refractivity contribution in [2.75, 3.05) is 14.1 Å². The molecule has 5 heteroatoms. The summed E-state index contributed by atoms with van der Waals surface area (Å²) in [5, 5.41) is 2.95. The predicted octanol–water partition coefficient (Wildman–Crippen LogP) is 0.377. The number of nitrogens with two attached hydrogens (primary N) is 1. The zero-order valence-electron chi connectivity index (χ0n) is 8.91. The third kappa shape index (κ3) is 2.55. The molecule has 0 fully saturated rings. The lowest BCUT2D eigenvalue weighted by atomic mass is 10.0. The van der Waals surface area contributed by atoms with Crippen LogP contribution in [0, 0.1) is 5.92 Å². The van der Waals surface area contributed by atoms with Crippen molar-refractivity contribution in [1.29, 1.82) is 0 Å². The number of amidine groups is 2. The molecule has 0 radical (unpaired) electrons. The summed E-state index contributed by atoms with van der Waals surface area (Å²) in [6.45, 7) is 2.09. The molecule has 1 heterocycles. The first-order valence-corrected chi connectivity index (χ1v) is 4.71. The SMILES string of the molecule is CN=C1CCC(C)C(=NC)N=C(N)N1.